The monoisotopic (exact) mass is 496 g/mol. The van der Waals surface area contributed by atoms with Crippen LogP contribution in [0.4, 0.5) is 4.79 Å². The first-order valence-electron chi connectivity index (χ1n) is 13.5. The summed E-state index contributed by atoms with van der Waals surface area (Å²) in [6.07, 6.45) is 6.76. The number of carbonyl (C=O) groups excluding carboxylic acids is 2. The van der Waals surface area contributed by atoms with Gasteiger partial charge in [0, 0.05) is 19.5 Å². The topological polar surface area (TPSA) is 76.7 Å². The summed E-state index contributed by atoms with van der Waals surface area (Å²) in [5, 5.41) is 6.25. The zero-order valence-electron chi connectivity index (χ0n) is 22.3. The Morgan fingerprint density at radius 1 is 0.917 bits per heavy atom. The largest absolute Gasteiger partial charge is 0.489 e. The van der Waals surface area contributed by atoms with Crippen molar-refractivity contribution in [1.82, 2.24) is 10.6 Å². The maximum Gasteiger partial charge on any atom is 0.407 e. The third kappa shape index (κ3) is 11.7. The number of benzene rings is 2. The van der Waals surface area contributed by atoms with Gasteiger partial charge in [-0.1, -0.05) is 81.6 Å². The van der Waals surface area contributed by atoms with E-state index in [0.717, 1.165) is 61.8 Å². The summed E-state index contributed by atoms with van der Waals surface area (Å²) >= 11 is 0. The van der Waals surface area contributed by atoms with Crippen molar-refractivity contribution in [3.63, 3.8) is 0 Å². The Kier molecular flexibility index (Phi) is 14.3. The van der Waals surface area contributed by atoms with Crippen LogP contribution in [-0.2, 0) is 22.6 Å². The first-order chi connectivity index (χ1) is 17.5. The fourth-order valence-corrected chi connectivity index (χ4v) is 4.02. The molecule has 2 rings (SSSR count). The number of unbranched alkanes of at least 4 members (excludes halogenated alkanes) is 2. The summed E-state index contributed by atoms with van der Waals surface area (Å²) in [5.41, 5.74) is 2.06. The predicted molar refractivity (Wildman–Crippen MR) is 145 cm³/mol. The lowest BCUT2D eigenvalue weighted by Gasteiger charge is -2.22. The highest BCUT2D eigenvalue weighted by Crippen LogP contribution is 2.21. The van der Waals surface area contributed by atoms with Gasteiger partial charge in [-0.15, -0.1) is 0 Å². The van der Waals surface area contributed by atoms with E-state index < -0.39 is 6.09 Å². The van der Waals surface area contributed by atoms with Crippen molar-refractivity contribution in [1.29, 1.82) is 0 Å². The fourth-order valence-electron chi connectivity index (χ4n) is 4.02. The lowest BCUT2D eigenvalue weighted by atomic mass is 10.0. The van der Waals surface area contributed by atoms with Crippen molar-refractivity contribution in [2.24, 2.45) is 0 Å². The second-order valence-electron chi connectivity index (χ2n) is 9.30. The van der Waals surface area contributed by atoms with Gasteiger partial charge in [0.2, 0.25) is 0 Å². The molecule has 2 N–H and O–H groups in total. The van der Waals surface area contributed by atoms with Crippen LogP contribution in [0, 0.1) is 0 Å². The summed E-state index contributed by atoms with van der Waals surface area (Å²) in [6, 6.07) is 17.5. The summed E-state index contributed by atoms with van der Waals surface area (Å²) < 4.78 is 11.5. The van der Waals surface area contributed by atoms with Gasteiger partial charge in [0.15, 0.2) is 0 Å². The molecule has 0 aromatic heterocycles. The van der Waals surface area contributed by atoms with Crippen LogP contribution in [0.1, 0.15) is 76.8 Å². The van der Waals surface area contributed by atoms with Crippen molar-refractivity contribution in [3.8, 4) is 5.75 Å². The van der Waals surface area contributed by atoms with Crippen LogP contribution < -0.4 is 15.4 Å². The summed E-state index contributed by atoms with van der Waals surface area (Å²) in [6.45, 7) is 7.70. The molecule has 0 heterocycles. The molecule has 0 aliphatic heterocycles. The van der Waals surface area contributed by atoms with E-state index in [0.29, 0.717) is 25.3 Å². The van der Waals surface area contributed by atoms with Crippen LogP contribution in [-0.4, -0.2) is 37.1 Å². The zero-order chi connectivity index (χ0) is 26.0. The Labute approximate surface area is 217 Å². The molecule has 0 saturated heterocycles. The summed E-state index contributed by atoms with van der Waals surface area (Å²) in [7, 11) is 0. The molecule has 6 heteroatoms. The van der Waals surface area contributed by atoms with E-state index in [1.807, 2.05) is 55.5 Å². The van der Waals surface area contributed by atoms with Gasteiger partial charge >= 0.3 is 6.09 Å². The average Bonchev–Trinajstić information content (AvgIpc) is 2.89. The third-order valence-electron chi connectivity index (χ3n) is 6.05. The van der Waals surface area contributed by atoms with Crippen molar-refractivity contribution >= 4 is 11.9 Å². The highest BCUT2D eigenvalue weighted by molar-refractivity contribution is 5.83. The van der Waals surface area contributed by atoms with Gasteiger partial charge in [0.25, 0.3) is 0 Å². The molecule has 0 unspecified atom stereocenters. The van der Waals surface area contributed by atoms with Crippen molar-refractivity contribution < 1.29 is 19.1 Å². The minimum atomic E-state index is -0.408. The van der Waals surface area contributed by atoms with Gasteiger partial charge in [0.05, 0.1) is 6.04 Å². The number of alkyl carbamates (subject to hydrolysis) is 1. The van der Waals surface area contributed by atoms with E-state index in [1.54, 1.807) is 0 Å². The number of hydrogen-bond acceptors (Lipinski definition) is 5. The maximum absolute atomic E-state index is 12.6. The molecule has 36 heavy (non-hydrogen) atoms. The van der Waals surface area contributed by atoms with E-state index in [4.69, 9.17) is 9.47 Å². The molecular formula is C30H44N2O4. The van der Waals surface area contributed by atoms with Crippen LogP contribution in [0.2, 0.25) is 0 Å². The minimum Gasteiger partial charge on any atom is -0.489 e. The number of Topliss-reactive ketones (excluding diaryl/α,β-unsaturated/α-hetero) is 1. The van der Waals surface area contributed by atoms with E-state index in [9.17, 15) is 9.59 Å². The molecule has 2 aromatic carbocycles. The van der Waals surface area contributed by atoms with Crippen molar-refractivity contribution in [2.45, 2.75) is 90.9 Å². The Bertz CT molecular complexity index is 888. The van der Waals surface area contributed by atoms with Crippen LogP contribution >= 0.6 is 0 Å². The minimum absolute atomic E-state index is 0.0694. The molecule has 0 bridgehead atoms. The third-order valence-corrected chi connectivity index (χ3v) is 6.05. The molecule has 2 aromatic rings. The van der Waals surface area contributed by atoms with Crippen LogP contribution in [0.15, 0.2) is 54.6 Å². The molecule has 6 nitrogen and oxygen atoms in total. The Morgan fingerprint density at radius 3 is 2.42 bits per heavy atom. The van der Waals surface area contributed by atoms with E-state index in [-0.39, 0.29) is 18.8 Å². The molecule has 2 atom stereocenters. The highest BCUT2D eigenvalue weighted by Gasteiger charge is 2.18. The molecule has 0 fully saturated rings. The number of amides is 1. The second kappa shape index (κ2) is 17.6. The quantitative estimate of drug-likeness (QED) is 0.240. The van der Waals surface area contributed by atoms with Gasteiger partial charge in [-0.2, -0.15) is 0 Å². The number of carbonyl (C=O) groups is 2. The Hall–Kier alpha value is -2.86. The van der Waals surface area contributed by atoms with Gasteiger partial charge in [0.1, 0.15) is 24.2 Å². The first-order valence-corrected chi connectivity index (χ1v) is 13.5. The number of aryl methyl sites for hydroxylation is 1. The number of ketones is 1. The Morgan fingerprint density at radius 2 is 1.67 bits per heavy atom. The van der Waals surface area contributed by atoms with Crippen LogP contribution in [0.3, 0.4) is 0 Å². The number of nitrogens with one attached hydrogen (secondary N) is 2. The molecule has 0 spiro atoms. The van der Waals surface area contributed by atoms with Crippen molar-refractivity contribution in [2.75, 3.05) is 13.1 Å². The smallest absolute Gasteiger partial charge is 0.407 e. The molecule has 198 valence electrons. The van der Waals surface area contributed by atoms with Gasteiger partial charge in [-0.3, -0.25) is 4.79 Å². The van der Waals surface area contributed by atoms with Gasteiger partial charge in [-0.05, 0) is 49.8 Å². The van der Waals surface area contributed by atoms with E-state index >= 15 is 0 Å². The van der Waals surface area contributed by atoms with E-state index in [2.05, 4.69) is 30.5 Å². The number of para-hydroxylation sites is 1. The SMILES string of the molecule is CCCCCC(=O)[C@H](CCC)NC[C@@H](C)Oc1ccccc1CCCNC(=O)OCc1ccccc1. The van der Waals surface area contributed by atoms with Gasteiger partial charge < -0.3 is 20.1 Å². The van der Waals surface area contributed by atoms with Crippen LogP contribution in [0.5, 0.6) is 5.75 Å². The van der Waals surface area contributed by atoms with E-state index in [1.165, 1.54) is 0 Å². The highest BCUT2D eigenvalue weighted by atomic mass is 16.5. The Balaban J connectivity index is 1.74. The fraction of sp³-hybridized carbons (Fsp3) is 0.533. The molecular weight excluding hydrogens is 452 g/mol. The van der Waals surface area contributed by atoms with Crippen LogP contribution in [0.25, 0.3) is 0 Å². The van der Waals surface area contributed by atoms with Gasteiger partial charge in [-0.25, -0.2) is 4.79 Å². The standard InChI is InChI=1S/C30H44N2O4/c1-4-6-8-19-28(33)27(14-5-2)32-22-24(3)36-29-20-12-11-17-26(29)18-13-21-31-30(34)35-23-25-15-9-7-10-16-25/h7,9-12,15-17,20,24,27,32H,4-6,8,13-14,18-19,21-23H2,1-3H3,(H,31,34)/t24-,27+/m1/s1. The summed E-state index contributed by atoms with van der Waals surface area (Å²) in [5.74, 6) is 1.16. The molecule has 0 radical (unpaired) electrons. The molecule has 0 saturated carbocycles. The predicted octanol–water partition coefficient (Wildman–Crippen LogP) is 6.22. The number of ether oxygens (including phenoxy) is 2. The normalized spacial score (nSPS) is 12.5. The first kappa shape index (κ1) is 29.4. The summed E-state index contributed by atoms with van der Waals surface area (Å²) in [4.78, 5) is 24.5. The number of rotatable bonds is 18. The molecule has 0 aliphatic rings. The maximum atomic E-state index is 12.6. The lowest BCUT2D eigenvalue weighted by Crippen LogP contribution is -2.41. The lowest BCUT2D eigenvalue weighted by molar-refractivity contribution is -0.121. The zero-order valence-corrected chi connectivity index (χ0v) is 22.3. The number of hydrogen-bond donors (Lipinski definition) is 2. The second-order valence-corrected chi connectivity index (χ2v) is 9.30. The molecule has 1 amide bonds. The molecule has 0 aliphatic carbocycles. The van der Waals surface area contributed by atoms with Crippen molar-refractivity contribution in [3.05, 3.63) is 65.7 Å². The average molecular weight is 497 g/mol.